The summed E-state index contributed by atoms with van der Waals surface area (Å²) in [6, 6.07) is 0. The van der Waals surface area contributed by atoms with Gasteiger partial charge >= 0.3 is 5.97 Å². The number of carboxylic acid groups (broad SMARTS) is 1. The summed E-state index contributed by atoms with van der Waals surface area (Å²) in [5.74, 6) is -0.306. The van der Waals surface area contributed by atoms with Crippen molar-refractivity contribution < 1.29 is 9.90 Å². The molecule has 1 aliphatic rings. The zero-order valence-corrected chi connectivity index (χ0v) is 10.9. The van der Waals surface area contributed by atoms with E-state index in [0.29, 0.717) is 12.3 Å². The van der Waals surface area contributed by atoms with Gasteiger partial charge in [0.15, 0.2) is 0 Å². The van der Waals surface area contributed by atoms with Crippen LogP contribution in [0.1, 0.15) is 30.0 Å². The van der Waals surface area contributed by atoms with Crippen LogP contribution in [0.5, 0.6) is 0 Å². The van der Waals surface area contributed by atoms with Gasteiger partial charge < -0.3 is 5.11 Å². The summed E-state index contributed by atoms with van der Waals surface area (Å²) in [5.41, 5.74) is 1.14. The van der Waals surface area contributed by atoms with Crippen molar-refractivity contribution in [3.63, 3.8) is 0 Å². The van der Waals surface area contributed by atoms with Crippen molar-refractivity contribution in [1.29, 1.82) is 0 Å². The maximum atomic E-state index is 10.6. The van der Waals surface area contributed by atoms with Crippen molar-refractivity contribution in [3.8, 4) is 0 Å². The highest BCUT2D eigenvalue weighted by atomic mass is 32.1. The molecule has 1 saturated heterocycles. The fourth-order valence-corrected chi connectivity index (χ4v) is 2.91. The third-order valence-corrected chi connectivity index (χ3v) is 4.04. The first-order valence-corrected chi connectivity index (χ1v) is 6.86. The van der Waals surface area contributed by atoms with Crippen molar-refractivity contribution in [1.82, 2.24) is 9.88 Å². The molecule has 0 atom stereocenters. The van der Waals surface area contributed by atoms with Crippen LogP contribution in [-0.2, 0) is 11.3 Å². The lowest BCUT2D eigenvalue weighted by Gasteiger charge is -2.30. The number of nitrogens with zero attached hydrogens (tertiary/aromatic N) is 2. The largest absolute Gasteiger partial charge is 0.481 e. The van der Waals surface area contributed by atoms with Crippen LogP contribution in [0.3, 0.4) is 0 Å². The van der Waals surface area contributed by atoms with E-state index in [1.807, 2.05) is 6.92 Å². The Morgan fingerprint density at radius 2 is 2.29 bits per heavy atom. The quantitative estimate of drug-likeness (QED) is 0.894. The number of aromatic nitrogens is 1. The van der Waals surface area contributed by atoms with Crippen molar-refractivity contribution in [2.24, 2.45) is 5.92 Å². The van der Waals surface area contributed by atoms with Gasteiger partial charge in [0.05, 0.1) is 10.7 Å². The Morgan fingerprint density at radius 1 is 1.59 bits per heavy atom. The Balaban J connectivity index is 1.77. The number of carboxylic acids is 1. The minimum Gasteiger partial charge on any atom is -0.481 e. The van der Waals surface area contributed by atoms with Crippen LogP contribution >= 0.6 is 11.3 Å². The topological polar surface area (TPSA) is 53.4 Å². The standard InChI is InChI=1S/C12H18N2O2S/c1-9-13-11(8-17-9)7-14-4-2-10(3-5-14)6-12(15)16/h8,10H,2-7H2,1H3,(H,15,16). The zero-order chi connectivity index (χ0) is 12.3. The van der Waals surface area contributed by atoms with Crippen LogP contribution in [0.2, 0.25) is 0 Å². The van der Waals surface area contributed by atoms with Gasteiger partial charge in [0.1, 0.15) is 0 Å². The molecule has 0 unspecified atom stereocenters. The highest BCUT2D eigenvalue weighted by molar-refractivity contribution is 7.09. The second kappa shape index (κ2) is 5.60. The van der Waals surface area contributed by atoms with Gasteiger partial charge in [-0.1, -0.05) is 0 Å². The Bertz CT molecular complexity index is 384. The van der Waals surface area contributed by atoms with Gasteiger partial charge in [0, 0.05) is 18.3 Å². The maximum absolute atomic E-state index is 10.6. The van der Waals surface area contributed by atoms with Gasteiger partial charge in [-0.2, -0.15) is 0 Å². The molecular weight excluding hydrogens is 236 g/mol. The number of aliphatic carboxylic acids is 1. The van der Waals surface area contributed by atoms with Crippen LogP contribution < -0.4 is 0 Å². The number of thiazole rings is 1. The molecular formula is C12H18N2O2S. The molecule has 1 aliphatic heterocycles. The fraction of sp³-hybridized carbons (Fsp3) is 0.667. The molecule has 4 nitrogen and oxygen atoms in total. The van der Waals surface area contributed by atoms with Gasteiger partial charge in [-0.3, -0.25) is 9.69 Å². The number of hydrogen-bond donors (Lipinski definition) is 1. The van der Waals surface area contributed by atoms with Crippen LogP contribution in [0.4, 0.5) is 0 Å². The fourth-order valence-electron chi connectivity index (χ4n) is 2.31. The average molecular weight is 254 g/mol. The molecule has 0 amide bonds. The van der Waals surface area contributed by atoms with Crippen molar-refractivity contribution in [2.75, 3.05) is 13.1 Å². The Kier molecular flexibility index (Phi) is 4.12. The smallest absolute Gasteiger partial charge is 0.303 e. The molecule has 0 bridgehead atoms. The molecule has 0 aliphatic carbocycles. The summed E-state index contributed by atoms with van der Waals surface area (Å²) in [7, 11) is 0. The van der Waals surface area contributed by atoms with Gasteiger partial charge in [0.25, 0.3) is 0 Å². The summed E-state index contributed by atoms with van der Waals surface area (Å²) in [5, 5.41) is 12.0. The third-order valence-electron chi connectivity index (χ3n) is 3.22. The van der Waals surface area contributed by atoms with Gasteiger partial charge in [0.2, 0.25) is 0 Å². The summed E-state index contributed by atoms with van der Waals surface area (Å²) in [6.07, 6.45) is 2.31. The molecule has 5 heteroatoms. The minimum atomic E-state index is -0.668. The summed E-state index contributed by atoms with van der Waals surface area (Å²) in [4.78, 5) is 17.4. The average Bonchev–Trinajstić information content (AvgIpc) is 2.66. The van der Waals surface area contributed by atoms with Crippen LogP contribution in [0.25, 0.3) is 0 Å². The van der Waals surface area contributed by atoms with E-state index in [4.69, 9.17) is 5.11 Å². The number of rotatable bonds is 4. The van der Waals surface area contributed by atoms with Crippen molar-refractivity contribution >= 4 is 17.3 Å². The highest BCUT2D eigenvalue weighted by Crippen LogP contribution is 2.22. The Hall–Kier alpha value is -0.940. The SMILES string of the molecule is Cc1nc(CN2CCC(CC(=O)O)CC2)cs1. The van der Waals surface area contributed by atoms with E-state index < -0.39 is 5.97 Å². The van der Waals surface area contributed by atoms with Crippen molar-refractivity contribution in [3.05, 3.63) is 16.1 Å². The first kappa shape index (κ1) is 12.5. The molecule has 1 aromatic rings. The van der Waals surface area contributed by atoms with E-state index in [0.717, 1.165) is 43.2 Å². The lowest BCUT2D eigenvalue weighted by molar-refractivity contribution is -0.138. The lowest BCUT2D eigenvalue weighted by atomic mass is 9.93. The molecule has 1 N–H and O–H groups in total. The molecule has 1 aromatic heterocycles. The second-order valence-electron chi connectivity index (χ2n) is 4.68. The third kappa shape index (κ3) is 3.78. The molecule has 2 rings (SSSR count). The number of aryl methyl sites for hydroxylation is 1. The second-order valence-corrected chi connectivity index (χ2v) is 5.74. The number of carbonyl (C=O) groups is 1. The highest BCUT2D eigenvalue weighted by Gasteiger charge is 2.21. The molecule has 0 radical (unpaired) electrons. The van der Waals surface area contributed by atoms with E-state index in [2.05, 4.69) is 15.3 Å². The summed E-state index contributed by atoms with van der Waals surface area (Å²) < 4.78 is 0. The molecule has 0 spiro atoms. The molecule has 2 heterocycles. The molecule has 1 fully saturated rings. The van der Waals surface area contributed by atoms with E-state index in [9.17, 15) is 4.79 Å². The minimum absolute atomic E-state index is 0.323. The molecule has 0 saturated carbocycles. The summed E-state index contributed by atoms with van der Waals surface area (Å²) >= 11 is 1.69. The molecule has 94 valence electrons. The molecule has 0 aromatic carbocycles. The number of piperidine rings is 1. The Morgan fingerprint density at radius 3 is 2.82 bits per heavy atom. The van der Waals surface area contributed by atoms with E-state index >= 15 is 0 Å². The Labute approximate surface area is 105 Å². The summed E-state index contributed by atoms with van der Waals surface area (Å²) in [6.45, 7) is 4.92. The van der Waals surface area contributed by atoms with Gasteiger partial charge in [-0.05, 0) is 38.8 Å². The maximum Gasteiger partial charge on any atom is 0.303 e. The van der Waals surface area contributed by atoms with Gasteiger partial charge in [-0.25, -0.2) is 4.98 Å². The van der Waals surface area contributed by atoms with Crippen LogP contribution in [0.15, 0.2) is 5.38 Å². The first-order valence-electron chi connectivity index (χ1n) is 5.98. The number of hydrogen-bond acceptors (Lipinski definition) is 4. The number of likely N-dealkylation sites (tertiary alicyclic amines) is 1. The van der Waals surface area contributed by atoms with E-state index in [1.165, 1.54) is 0 Å². The van der Waals surface area contributed by atoms with E-state index in [-0.39, 0.29) is 0 Å². The van der Waals surface area contributed by atoms with Crippen LogP contribution in [-0.4, -0.2) is 34.0 Å². The van der Waals surface area contributed by atoms with Crippen molar-refractivity contribution in [2.45, 2.75) is 32.7 Å². The predicted molar refractivity (Wildman–Crippen MR) is 67.1 cm³/mol. The normalized spacial score (nSPS) is 18.4. The lowest BCUT2D eigenvalue weighted by Crippen LogP contribution is -2.34. The molecule has 17 heavy (non-hydrogen) atoms. The van der Waals surface area contributed by atoms with Crippen LogP contribution in [0, 0.1) is 12.8 Å². The first-order chi connectivity index (χ1) is 8.13. The van der Waals surface area contributed by atoms with E-state index in [1.54, 1.807) is 11.3 Å². The monoisotopic (exact) mass is 254 g/mol. The zero-order valence-electron chi connectivity index (χ0n) is 10.1. The van der Waals surface area contributed by atoms with Gasteiger partial charge in [-0.15, -0.1) is 11.3 Å². The predicted octanol–water partition coefficient (Wildman–Crippen LogP) is 2.14.